The Bertz CT molecular complexity index is 1150. The molecule has 1 fully saturated rings. The molecule has 1 N–H and O–H groups in total. The van der Waals surface area contributed by atoms with Gasteiger partial charge < -0.3 is 10.1 Å². The molecular formula is C29H32ClFN2O2. The van der Waals surface area contributed by atoms with Crippen molar-refractivity contribution in [1.82, 2.24) is 10.2 Å². The van der Waals surface area contributed by atoms with Crippen LogP contribution in [0.15, 0.2) is 66.7 Å². The van der Waals surface area contributed by atoms with Gasteiger partial charge in [-0.1, -0.05) is 54.1 Å². The second kappa shape index (κ2) is 11.7. The number of hydrogen-bond donors (Lipinski definition) is 1. The summed E-state index contributed by atoms with van der Waals surface area (Å²) in [7, 11) is 1.65. The largest absolute Gasteiger partial charge is 0.497 e. The van der Waals surface area contributed by atoms with Crippen LogP contribution in [0.3, 0.4) is 0 Å². The van der Waals surface area contributed by atoms with Gasteiger partial charge in [0.25, 0.3) is 0 Å². The van der Waals surface area contributed by atoms with Gasteiger partial charge >= 0.3 is 0 Å². The van der Waals surface area contributed by atoms with E-state index in [1.807, 2.05) is 60.7 Å². The first kappa shape index (κ1) is 25.2. The minimum Gasteiger partial charge on any atom is -0.497 e. The monoisotopic (exact) mass is 494 g/mol. The van der Waals surface area contributed by atoms with Gasteiger partial charge in [0.05, 0.1) is 13.0 Å². The standard InChI is InChI=1S/C29H32ClFN2O2/c1-20-15-22(9-12-28(20)31)24-16-25(19-33(18-24)17-23-5-3-4-6-27(23)30)29(34)32-14-13-21-7-10-26(35-2)11-8-21/h3-12,15,24-25H,13-14,16-19H2,1-2H3,(H,32,34)/t24-,25-/m1/s1. The predicted octanol–water partition coefficient (Wildman–Crippen LogP) is 5.76. The quantitative estimate of drug-likeness (QED) is 0.433. The zero-order valence-corrected chi connectivity index (χ0v) is 21.0. The lowest BCUT2D eigenvalue weighted by Gasteiger charge is -2.37. The second-order valence-corrected chi connectivity index (χ2v) is 9.72. The van der Waals surface area contributed by atoms with Crippen LogP contribution in [-0.4, -0.2) is 37.6 Å². The van der Waals surface area contributed by atoms with E-state index >= 15 is 0 Å². The summed E-state index contributed by atoms with van der Waals surface area (Å²) in [6.07, 6.45) is 1.49. The molecule has 0 radical (unpaired) electrons. The molecule has 4 nitrogen and oxygen atoms in total. The van der Waals surface area contributed by atoms with Gasteiger partial charge in [-0.05, 0) is 72.2 Å². The van der Waals surface area contributed by atoms with Crippen LogP contribution < -0.4 is 10.1 Å². The van der Waals surface area contributed by atoms with Crippen LogP contribution in [0.4, 0.5) is 4.39 Å². The summed E-state index contributed by atoms with van der Waals surface area (Å²) in [6.45, 7) is 4.49. The number of benzene rings is 3. The molecule has 0 saturated carbocycles. The van der Waals surface area contributed by atoms with Gasteiger partial charge in [-0.3, -0.25) is 9.69 Å². The highest BCUT2D eigenvalue weighted by molar-refractivity contribution is 6.31. The van der Waals surface area contributed by atoms with Crippen molar-refractivity contribution in [3.63, 3.8) is 0 Å². The molecule has 0 aromatic heterocycles. The fourth-order valence-electron chi connectivity index (χ4n) is 4.81. The van der Waals surface area contributed by atoms with Crippen molar-refractivity contribution in [2.24, 2.45) is 5.92 Å². The number of carbonyl (C=O) groups is 1. The van der Waals surface area contributed by atoms with Crippen LogP contribution in [0.5, 0.6) is 5.75 Å². The third-order valence-electron chi connectivity index (χ3n) is 6.77. The number of ether oxygens (including phenoxy) is 1. The summed E-state index contributed by atoms with van der Waals surface area (Å²) >= 11 is 6.42. The Morgan fingerprint density at radius 3 is 2.60 bits per heavy atom. The first-order valence-electron chi connectivity index (χ1n) is 12.1. The zero-order valence-electron chi connectivity index (χ0n) is 20.3. The fraction of sp³-hybridized carbons (Fsp3) is 0.345. The summed E-state index contributed by atoms with van der Waals surface area (Å²) in [6, 6.07) is 21.0. The normalized spacial score (nSPS) is 18.3. The number of nitrogens with one attached hydrogen (secondary N) is 1. The van der Waals surface area contributed by atoms with Crippen molar-refractivity contribution in [3.05, 3.63) is 99.8 Å². The van der Waals surface area contributed by atoms with Crippen LogP contribution in [-0.2, 0) is 17.8 Å². The van der Waals surface area contributed by atoms with Crippen molar-refractivity contribution < 1.29 is 13.9 Å². The number of amides is 1. The van der Waals surface area contributed by atoms with Crippen molar-refractivity contribution >= 4 is 17.5 Å². The molecule has 1 heterocycles. The number of carbonyl (C=O) groups excluding carboxylic acids is 1. The number of methoxy groups -OCH3 is 1. The molecule has 2 atom stereocenters. The van der Waals surface area contributed by atoms with Crippen LogP contribution in [0, 0.1) is 18.7 Å². The smallest absolute Gasteiger partial charge is 0.224 e. The molecule has 6 heteroatoms. The van der Waals surface area contributed by atoms with Crippen molar-refractivity contribution in [2.45, 2.75) is 32.2 Å². The summed E-state index contributed by atoms with van der Waals surface area (Å²) in [5.41, 5.74) is 3.90. The first-order valence-corrected chi connectivity index (χ1v) is 12.4. The molecular weight excluding hydrogens is 463 g/mol. The Balaban J connectivity index is 1.44. The molecule has 0 bridgehead atoms. The number of hydrogen-bond acceptors (Lipinski definition) is 3. The van der Waals surface area contributed by atoms with Gasteiger partial charge in [-0.2, -0.15) is 0 Å². The number of halogens is 2. The summed E-state index contributed by atoms with van der Waals surface area (Å²) < 4.78 is 19.1. The van der Waals surface area contributed by atoms with Crippen LogP contribution in [0.25, 0.3) is 0 Å². The second-order valence-electron chi connectivity index (χ2n) is 9.31. The van der Waals surface area contributed by atoms with Crippen LogP contribution >= 0.6 is 11.6 Å². The average Bonchev–Trinajstić information content (AvgIpc) is 2.87. The SMILES string of the molecule is COc1ccc(CCNC(=O)[C@@H]2C[C@@H](c3ccc(F)c(C)c3)CN(Cc3ccccc3Cl)C2)cc1. The lowest BCUT2D eigenvalue weighted by atomic mass is 9.83. The van der Waals surface area contributed by atoms with E-state index in [1.165, 1.54) is 6.07 Å². The number of likely N-dealkylation sites (tertiary alicyclic amines) is 1. The lowest BCUT2D eigenvalue weighted by molar-refractivity contribution is -0.127. The molecule has 4 rings (SSSR count). The summed E-state index contributed by atoms with van der Waals surface area (Å²) in [5.74, 6) is 0.664. The van der Waals surface area contributed by atoms with E-state index in [-0.39, 0.29) is 23.6 Å². The predicted molar refractivity (Wildman–Crippen MR) is 138 cm³/mol. The van der Waals surface area contributed by atoms with E-state index in [4.69, 9.17) is 16.3 Å². The summed E-state index contributed by atoms with van der Waals surface area (Å²) in [4.78, 5) is 15.5. The van der Waals surface area contributed by atoms with Crippen LogP contribution in [0.1, 0.15) is 34.6 Å². The van der Waals surface area contributed by atoms with Gasteiger partial charge in [0.15, 0.2) is 0 Å². The zero-order chi connectivity index (χ0) is 24.8. The highest BCUT2D eigenvalue weighted by Gasteiger charge is 2.32. The Morgan fingerprint density at radius 1 is 1.11 bits per heavy atom. The van der Waals surface area contributed by atoms with Gasteiger partial charge in [-0.15, -0.1) is 0 Å². The average molecular weight is 495 g/mol. The highest BCUT2D eigenvalue weighted by Crippen LogP contribution is 2.33. The number of piperidine rings is 1. The van der Waals surface area contributed by atoms with E-state index in [0.717, 1.165) is 46.8 Å². The maximum atomic E-state index is 13.9. The maximum Gasteiger partial charge on any atom is 0.224 e. The van der Waals surface area contributed by atoms with Gasteiger partial charge in [0.2, 0.25) is 5.91 Å². The van der Waals surface area contributed by atoms with Crippen molar-refractivity contribution in [2.75, 3.05) is 26.7 Å². The molecule has 3 aromatic rings. The molecule has 0 aliphatic carbocycles. The molecule has 1 amide bonds. The highest BCUT2D eigenvalue weighted by atomic mass is 35.5. The van der Waals surface area contributed by atoms with Gasteiger partial charge in [0, 0.05) is 31.2 Å². The van der Waals surface area contributed by atoms with Gasteiger partial charge in [0.1, 0.15) is 11.6 Å². The number of nitrogens with zero attached hydrogens (tertiary/aromatic N) is 1. The number of aryl methyl sites for hydroxylation is 1. The van der Waals surface area contributed by atoms with Gasteiger partial charge in [-0.25, -0.2) is 4.39 Å². The molecule has 184 valence electrons. The minimum absolute atomic E-state index is 0.0613. The van der Waals surface area contributed by atoms with Crippen molar-refractivity contribution in [1.29, 1.82) is 0 Å². The minimum atomic E-state index is -0.203. The Morgan fingerprint density at radius 2 is 1.89 bits per heavy atom. The third-order valence-corrected chi connectivity index (χ3v) is 7.14. The molecule has 1 aliphatic rings. The maximum absolute atomic E-state index is 13.9. The van der Waals surface area contributed by atoms with E-state index in [2.05, 4.69) is 10.2 Å². The Hall–Kier alpha value is -2.89. The third kappa shape index (κ3) is 6.62. The fourth-order valence-corrected chi connectivity index (χ4v) is 5.00. The van der Waals surface area contributed by atoms with E-state index in [0.29, 0.717) is 25.2 Å². The first-order chi connectivity index (χ1) is 16.9. The topological polar surface area (TPSA) is 41.6 Å². The molecule has 1 saturated heterocycles. The Labute approximate surface area is 212 Å². The molecule has 1 aliphatic heterocycles. The van der Waals surface area contributed by atoms with Crippen molar-refractivity contribution in [3.8, 4) is 5.75 Å². The Kier molecular flexibility index (Phi) is 8.42. The molecule has 0 spiro atoms. The molecule has 0 unspecified atom stereocenters. The molecule has 35 heavy (non-hydrogen) atoms. The van der Waals surface area contributed by atoms with E-state index < -0.39 is 0 Å². The van der Waals surface area contributed by atoms with E-state index in [1.54, 1.807) is 14.0 Å². The molecule has 3 aromatic carbocycles. The van der Waals surface area contributed by atoms with E-state index in [9.17, 15) is 9.18 Å². The lowest BCUT2D eigenvalue weighted by Crippen LogP contribution is -2.45. The van der Waals surface area contributed by atoms with Crippen LogP contribution in [0.2, 0.25) is 5.02 Å². The number of rotatable bonds is 8. The summed E-state index contributed by atoms with van der Waals surface area (Å²) in [5, 5.41) is 3.86.